The van der Waals surface area contributed by atoms with Crippen LogP contribution in [-0.2, 0) is 4.74 Å². The number of hydrogen-bond acceptors (Lipinski definition) is 10. The van der Waals surface area contributed by atoms with Crippen LogP contribution in [0.1, 0.15) is 16.8 Å². The average Bonchev–Trinajstić information content (AvgIpc) is 2.81. The van der Waals surface area contributed by atoms with E-state index in [0.29, 0.717) is 9.37 Å². The molecule has 0 amide bonds. The fourth-order valence-corrected chi connectivity index (χ4v) is 4.90. The van der Waals surface area contributed by atoms with Crippen molar-refractivity contribution in [1.82, 2.24) is 10.3 Å². The molecule has 5 atom stereocenters. The normalized spacial score (nSPS) is 25.0. The van der Waals surface area contributed by atoms with Gasteiger partial charge in [-0.15, -0.1) is 0 Å². The zero-order chi connectivity index (χ0) is 25.0. The highest BCUT2D eigenvalue weighted by molar-refractivity contribution is 9.10. The van der Waals surface area contributed by atoms with E-state index < -0.39 is 48.0 Å². The molecule has 2 aromatic rings. The zero-order valence-electron chi connectivity index (χ0n) is 17.6. The topological polar surface area (TPSA) is 155 Å². The molecule has 1 aromatic carbocycles. The van der Waals surface area contributed by atoms with E-state index in [2.05, 4.69) is 31.3 Å². The molecule has 5 N–H and O–H groups in total. The number of aromatic nitrogens is 1. The molecule has 0 aliphatic carbocycles. The van der Waals surface area contributed by atoms with Crippen LogP contribution in [0.2, 0.25) is 0 Å². The number of pyridine rings is 1. The third kappa shape index (κ3) is 5.60. The van der Waals surface area contributed by atoms with Crippen LogP contribution in [0.25, 0.3) is 5.70 Å². The first-order valence-corrected chi connectivity index (χ1v) is 11.5. The summed E-state index contributed by atoms with van der Waals surface area (Å²) in [5.74, 6) is -1.62. The van der Waals surface area contributed by atoms with Crippen molar-refractivity contribution < 1.29 is 28.8 Å². The molecule has 0 radical (unpaired) electrons. The number of nitrogens with one attached hydrogen (secondary N) is 2. The maximum Gasteiger partial charge on any atom is 0.154 e. The van der Waals surface area contributed by atoms with Gasteiger partial charge in [0.25, 0.3) is 0 Å². The molecule has 1 saturated heterocycles. The van der Waals surface area contributed by atoms with Crippen LogP contribution >= 0.6 is 27.7 Å². The summed E-state index contributed by atoms with van der Waals surface area (Å²) < 4.78 is 34.0. The number of ether oxygens (including phenoxy) is 1. The van der Waals surface area contributed by atoms with E-state index in [1.165, 1.54) is 13.1 Å². The van der Waals surface area contributed by atoms with Gasteiger partial charge in [0.2, 0.25) is 0 Å². The fraction of sp³-hybridized carbons (Fsp3) is 0.333. The minimum absolute atomic E-state index is 0.0164. The summed E-state index contributed by atoms with van der Waals surface area (Å²) in [7, 11) is 0. The van der Waals surface area contributed by atoms with Gasteiger partial charge in [0.05, 0.1) is 17.1 Å². The minimum atomic E-state index is -1.36. The molecule has 0 spiro atoms. The molecule has 3 rings (SSSR count). The van der Waals surface area contributed by atoms with Crippen molar-refractivity contribution in [2.24, 2.45) is 5.11 Å². The number of benzene rings is 1. The van der Waals surface area contributed by atoms with Crippen LogP contribution in [0.4, 0.5) is 8.78 Å². The van der Waals surface area contributed by atoms with Gasteiger partial charge in [-0.25, -0.2) is 19.3 Å². The Morgan fingerprint density at radius 1 is 1.35 bits per heavy atom. The predicted molar refractivity (Wildman–Crippen MR) is 121 cm³/mol. The van der Waals surface area contributed by atoms with Crippen LogP contribution in [0.15, 0.2) is 45.1 Å². The first-order valence-electron chi connectivity index (χ1n) is 9.84. The van der Waals surface area contributed by atoms with Crippen molar-refractivity contribution in [2.45, 2.75) is 41.6 Å². The average molecular weight is 556 g/mol. The van der Waals surface area contributed by atoms with Gasteiger partial charge >= 0.3 is 0 Å². The number of halogens is 3. The lowest BCUT2D eigenvalue weighted by Gasteiger charge is -2.42. The van der Waals surface area contributed by atoms with E-state index in [0.717, 1.165) is 30.1 Å². The second-order valence-electron chi connectivity index (χ2n) is 7.34. The predicted octanol–water partition coefficient (Wildman–Crippen LogP) is 2.82. The summed E-state index contributed by atoms with van der Waals surface area (Å²) in [6, 6.07) is 4.49. The lowest BCUT2D eigenvalue weighted by Crippen LogP contribution is -2.61. The Kier molecular flexibility index (Phi) is 8.69. The van der Waals surface area contributed by atoms with Crippen LogP contribution in [0.3, 0.4) is 0 Å². The molecule has 9 nitrogen and oxygen atoms in total. The van der Waals surface area contributed by atoms with Gasteiger partial charge in [-0.1, -0.05) is 11.8 Å². The van der Waals surface area contributed by atoms with Crippen molar-refractivity contribution in [3.8, 4) is 6.07 Å². The van der Waals surface area contributed by atoms with E-state index in [4.69, 9.17) is 15.5 Å². The van der Waals surface area contributed by atoms with Gasteiger partial charge in [0, 0.05) is 28.4 Å². The van der Waals surface area contributed by atoms with Crippen LogP contribution < -0.4 is 5.32 Å². The molecular weight excluding hydrogens is 536 g/mol. The molecule has 3 unspecified atom stereocenters. The highest BCUT2D eigenvalue weighted by Gasteiger charge is 2.44. The van der Waals surface area contributed by atoms with E-state index >= 15 is 0 Å². The van der Waals surface area contributed by atoms with Crippen molar-refractivity contribution in [3.05, 3.63) is 63.5 Å². The Morgan fingerprint density at radius 2 is 2.03 bits per heavy atom. The van der Waals surface area contributed by atoms with Gasteiger partial charge in [-0.3, -0.25) is 0 Å². The minimum Gasteiger partial charge on any atom is -0.394 e. The van der Waals surface area contributed by atoms with Gasteiger partial charge in [0.1, 0.15) is 47.1 Å². The maximum atomic E-state index is 13.9. The summed E-state index contributed by atoms with van der Waals surface area (Å²) >= 11 is 4.29. The third-order valence-electron chi connectivity index (χ3n) is 5.17. The third-order valence-corrected chi connectivity index (χ3v) is 6.89. The molecule has 0 saturated carbocycles. The Bertz CT molecular complexity index is 1130. The Morgan fingerprint density at radius 3 is 2.59 bits per heavy atom. The molecule has 1 aromatic heterocycles. The summed E-state index contributed by atoms with van der Waals surface area (Å²) in [5, 5.41) is 46.1. The molecule has 34 heavy (non-hydrogen) atoms. The maximum absolute atomic E-state index is 13.9. The fourth-order valence-electron chi connectivity index (χ4n) is 3.23. The number of thioether (sulfide) groups is 1. The standard InChI is InChI=1S/C21H20BrF2N5O4S/c1-9-13(23)2-10(3-14(9)24)16(29-26)7-28-18-19(31)17(8-30)33-21(20(18)32)34-11-4-12(22)15(5-25)27-6-11/h2-4,6-7,17-21,26,28,30-32H,8H2,1H3/b16-7-,29-26?/t17?,18?,19-,20?,21+/m0/s1. The first kappa shape index (κ1) is 26.1. The van der Waals surface area contributed by atoms with E-state index in [-0.39, 0.29) is 22.5 Å². The van der Waals surface area contributed by atoms with Crippen molar-refractivity contribution in [3.63, 3.8) is 0 Å². The van der Waals surface area contributed by atoms with Gasteiger partial charge in [-0.2, -0.15) is 10.4 Å². The Labute approximate surface area is 206 Å². The van der Waals surface area contributed by atoms with Crippen LogP contribution in [0, 0.1) is 35.4 Å². The number of aliphatic hydroxyl groups excluding tert-OH is 3. The number of rotatable bonds is 7. The first-order chi connectivity index (χ1) is 16.2. The number of aliphatic hydroxyl groups is 3. The number of hydrogen-bond donors (Lipinski definition) is 5. The lowest BCUT2D eigenvalue weighted by atomic mass is 9.97. The molecule has 180 valence electrons. The molecule has 13 heteroatoms. The van der Waals surface area contributed by atoms with E-state index in [1.54, 1.807) is 6.07 Å². The quantitative estimate of drug-likeness (QED) is 0.326. The molecule has 0 bridgehead atoms. The highest BCUT2D eigenvalue weighted by atomic mass is 79.9. The smallest absolute Gasteiger partial charge is 0.154 e. The zero-order valence-corrected chi connectivity index (χ0v) is 20.0. The van der Waals surface area contributed by atoms with Crippen LogP contribution in [-0.4, -0.2) is 56.7 Å². The largest absolute Gasteiger partial charge is 0.394 e. The highest BCUT2D eigenvalue weighted by Crippen LogP contribution is 2.34. The van der Waals surface area contributed by atoms with E-state index in [1.807, 2.05) is 6.07 Å². The molecule has 1 fully saturated rings. The lowest BCUT2D eigenvalue weighted by molar-refractivity contribution is -0.164. The number of nitriles is 1. The summed E-state index contributed by atoms with van der Waals surface area (Å²) in [6.07, 6.45) is -1.19. The SMILES string of the molecule is Cc1c(F)cc(/C(=C/NC2C(O)[C@@H](Sc3cnc(C#N)c(Br)c3)OC(CO)[C@@H]2O)N=N)cc1F. The summed E-state index contributed by atoms with van der Waals surface area (Å²) in [6.45, 7) is 0.726. The molecule has 1 aliphatic heterocycles. The Hall–Kier alpha value is -2.47. The van der Waals surface area contributed by atoms with Crippen molar-refractivity contribution >= 4 is 33.4 Å². The monoisotopic (exact) mass is 555 g/mol. The Balaban J connectivity index is 1.85. The molecule has 1 aliphatic rings. The summed E-state index contributed by atoms with van der Waals surface area (Å²) in [4.78, 5) is 4.55. The number of nitrogens with zero attached hydrogens (tertiary/aromatic N) is 3. The molecule has 2 heterocycles. The van der Waals surface area contributed by atoms with E-state index in [9.17, 15) is 24.1 Å². The van der Waals surface area contributed by atoms with Crippen LogP contribution in [0.5, 0.6) is 0 Å². The second-order valence-corrected chi connectivity index (χ2v) is 9.36. The second kappa shape index (κ2) is 11.3. The van der Waals surface area contributed by atoms with Gasteiger partial charge in [-0.05, 0) is 41.1 Å². The summed E-state index contributed by atoms with van der Waals surface area (Å²) in [5.41, 5.74) is 6.25. The van der Waals surface area contributed by atoms with Crippen molar-refractivity contribution in [1.29, 1.82) is 10.8 Å². The van der Waals surface area contributed by atoms with Gasteiger partial charge in [0.15, 0.2) is 5.69 Å². The van der Waals surface area contributed by atoms with Gasteiger partial charge < -0.3 is 25.4 Å². The molecular formula is C21H20BrF2N5O4S. The van der Waals surface area contributed by atoms with Crippen molar-refractivity contribution in [2.75, 3.05) is 6.61 Å².